The van der Waals surface area contributed by atoms with Crippen LogP contribution in [0.4, 0.5) is 10.5 Å². The molecule has 2 saturated carbocycles. The van der Waals surface area contributed by atoms with Crippen molar-refractivity contribution >= 4 is 40.4 Å². The summed E-state index contributed by atoms with van der Waals surface area (Å²) in [4.78, 5) is 64.6. The topological polar surface area (TPSA) is 162 Å². The predicted octanol–water partition coefficient (Wildman–Crippen LogP) is 4.78. The third-order valence-electron chi connectivity index (χ3n) is 8.51. The van der Waals surface area contributed by atoms with Crippen molar-refractivity contribution in [3.8, 4) is 0 Å². The van der Waals surface area contributed by atoms with Crippen LogP contribution in [0.3, 0.4) is 0 Å². The number of unbranched alkanes of at least 4 members (excludes halogenated alkanes) is 1. The lowest BCUT2D eigenvalue weighted by molar-refractivity contribution is -0.127. The van der Waals surface area contributed by atoms with E-state index < -0.39 is 35.2 Å². The Morgan fingerprint density at radius 2 is 1.71 bits per heavy atom. The second kappa shape index (κ2) is 15.0. The minimum Gasteiger partial charge on any atom is -0.444 e. The maximum Gasteiger partial charge on any atom is 0.407 e. The Balaban J connectivity index is 1.46. The number of carbonyl (C=O) groups is 4. The molecule has 3 amide bonds. The molecule has 2 aliphatic carbocycles. The number of nitrogens with zero attached hydrogens (tertiary/aromatic N) is 1. The van der Waals surface area contributed by atoms with Crippen LogP contribution in [0.25, 0.3) is 10.9 Å². The van der Waals surface area contributed by atoms with Crippen molar-refractivity contribution in [3.05, 3.63) is 40.2 Å². The number of nitrogens with two attached hydrogens (primary N) is 1. The molecule has 246 valence electrons. The number of carbonyl (C=O) groups excluding carboxylic acids is 4. The second-order valence-corrected chi connectivity index (χ2v) is 13.7. The van der Waals surface area contributed by atoms with Crippen molar-refractivity contribution in [1.82, 2.24) is 15.2 Å². The first-order chi connectivity index (χ1) is 21.3. The van der Waals surface area contributed by atoms with Gasteiger partial charge >= 0.3 is 6.09 Å². The average molecular weight is 624 g/mol. The van der Waals surface area contributed by atoms with Gasteiger partial charge in [-0.2, -0.15) is 0 Å². The summed E-state index contributed by atoms with van der Waals surface area (Å²) in [6.07, 6.45) is 8.64. The van der Waals surface area contributed by atoms with Crippen molar-refractivity contribution in [2.75, 3.05) is 11.9 Å². The zero-order valence-electron chi connectivity index (χ0n) is 27.1. The molecule has 4 rings (SSSR count). The van der Waals surface area contributed by atoms with Gasteiger partial charge in [0.05, 0.1) is 11.6 Å². The van der Waals surface area contributed by atoms with Crippen molar-refractivity contribution in [3.63, 3.8) is 0 Å². The van der Waals surface area contributed by atoms with Gasteiger partial charge < -0.3 is 26.4 Å². The number of aromatic nitrogens is 1. The molecule has 5 N–H and O–H groups in total. The number of aryl methyl sites for hydroxylation is 1. The van der Waals surface area contributed by atoms with Crippen molar-refractivity contribution in [1.29, 1.82) is 0 Å². The first-order valence-corrected chi connectivity index (χ1v) is 16.4. The Kier molecular flexibility index (Phi) is 11.4. The molecule has 1 aromatic heterocycles. The van der Waals surface area contributed by atoms with E-state index in [1.54, 1.807) is 39.0 Å². The molecule has 2 aromatic rings. The second-order valence-electron chi connectivity index (χ2n) is 13.7. The maximum absolute atomic E-state index is 13.6. The van der Waals surface area contributed by atoms with Crippen LogP contribution < -0.4 is 27.2 Å². The smallest absolute Gasteiger partial charge is 0.407 e. The molecule has 1 aromatic carbocycles. The van der Waals surface area contributed by atoms with E-state index in [0.717, 1.165) is 49.5 Å². The third kappa shape index (κ3) is 9.88. The lowest BCUT2D eigenvalue weighted by atomic mass is 9.85. The number of benzene rings is 1. The van der Waals surface area contributed by atoms with Gasteiger partial charge in [0.2, 0.25) is 17.7 Å². The van der Waals surface area contributed by atoms with E-state index in [9.17, 15) is 24.0 Å². The van der Waals surface area contributed by atoms with Crippen LogP contribution in [-0.2, 0) is 14.3 Å². The molecule has 0 radical (unpaired) electrons. The Hall–Kier alpha value is -3.73. The van der Waals surface area contributed by atoms with Gasteiger partial charge in [-0.05, 0) is 89.8 Å². The fourth-order valence-corrected chi connectivity index (χ4v) is 5.96. The summed E-state index contributed by atoms with van der Waals surface area (Å²) in [5.74, 6) is -0.782. The third-order valence-corrected chi connectivity index (χ3v) is 8.51. The number of hydrogen-bond acceptors (Lipinski definition) is 7. The Morgan fingerprint density at radius 3 is 2.38 bits per heavy atom. The summed E-state index contributed by atoms with van der Waals surface area (Å²) in [6, 6.07) is 5.01. The van der Waals surface area contributed by atoms with Gasteiger partial charge in [0, 0.05) is 29.6 Å². The van der Waals surface area contributed by atoms with Crippen LogP contribution in [0.5, 0.6) is 0 Å². The van der Waals surface area contributed by atoms with Gasteiger partial charge in [0.15, 0.2) is 0 Å². The number of nitrogens with one attached hydrogen (secondary N) is 3. The SMILES string of the molecule is Cc1cc(=O)n(C(=O)C2CC2)c2cc(NC(=O)[C@H](CCCCNC(=O)OC(C)(C)C)NC(=O)[C@@H](N)CC3CCCCC3)ccc12. The van der Waals surface area contributed by atoms with Crippen LogP contribution >= 0.6 is 0 Å². The fraction of sp³-hybridized carbons (Fsp3) is 0.618. The van der Waals surface area contributed by atoms with Crippen LogP contribution in [0.2, 0.25) is 0 Å². The fourth-order valence-electron chi connectivity index (χ4n) is 5.96. The van der Waals surface area contributed by atoms with Gasteiger partial charge in [0.1, 0.15) is 11.6 Å². The summed E-state index contributed by atoms with van der Waals surface area (Å²) in [5.41, 5.74) is 6.90. The molecule has 2 aliphatic rings. The van der Waals surface area contributed by atoms with Gasteiger partial charge in [-0.1, -0.05) is 38.2 Å². The van der Waals surface area contributed by atoms with E-state index in [1.807, 2.05) is 6.92 Å². The van der Waals surface area contributed by atoms with E-state index in [2.05, 4.69) is 16.0 Å². The number of alkyl carbamates (subject to hydrolysis) is 1. The van der Waals surface area contributed by atoms with Crippen LogP contribution in [0.15, 0.2) is 29.1 Å². The van der Waals surface area contributed by atoms with Crippen molar-refractivity contribution in [2.45, 2.75) is 116 Å². The number of fused-ring (bicyclic) bond motifs is 1. The molecular formula is C34H49N5O6. The van der Waals surface area contributed by atoms with Crippen molar-refractivity contribution in [2.24, 2.45) is 17.6 Å². The van der Waals surface area contributed by atoms with Crippen LogP contribution in [-0.4, -0.2) is 52.6 Å². The number of amides is 3. The van der Waals surface area contributed by atoms with E-state index >= 15 is 0 Å². The molecule has 45 heavy (non-hydrogen) atoms. The number of hydrogen-bond donors (Lipinski definition) is 4. The number of pyridine rings is 1. The molecule has 11 heteroatoms. The van der Waals surface area contributed by atoms with E-state index in [1.165, 1.54) is 17.1 Å². The molecule has 0 bridgehead atoms. The highest BCUT2D eigenvalue weighted by atomic mass is 16.6. The highest BCUT2D eigenvalue weighted by molar-refractivity contribution is 6.01. The molecular weight excluding hydrogens is 574 g/mol. The maximum atomic E-state index is 13.6. The molecule has 0 saturated heterocycles. The lowest BCUT2D eigenvalue weighted by Crippen LogP contribution is -2.50. The van der Waals surface area contributed by atoms with Gasteiger partial charge in [-0.3, -0.25) is 19.2 Å². The van der Waals surface area contributed by atoms with Crippen LogP contribution in [0.1, 0.15) is 102 Å². The minimum absolute atomic E-state index is 0.158. The summed E-state index contributed by atoms with van der Waals surface area (Å²) in [7, 11) is 0. The first-order valence-electron chi connectivity index (χ1n) is 16.4. The van der Waals surface area contributed by atoms with Crippen molar-refractivity contribution < 1.29 is 23.9 Å². The molecule has 11 nitrogen and oxygen atoms in total. The quantitative estimate of drug-likeness (QED) is 0.248. The summed E-state index contributed by atoms with van der Waals surface area (Å²) in [6.45, 7) is 7.54. The zero-order valence-corrected chi connectivity index (χ0v) is 27.1. The standard InChI is InChI=1S/C34H49N5O6/c1-21-18-29(40)39(32(43)23-13-14-23)28-20-24(15-16-25(21)28)37-31(42)27(12-8-9-17-36-33(44)45-34(2,3)4)38-30(41)26(35)19-22-10-6-5-7-11-22/h15-16,18,20,22-23,26-27H,5-14,17,19,35H2,1-4H3,(H,36,44)(H,37,42)(H,38,41)/t26-,27-/m0/s1. The summed E-state index contributed by atoms with van der Waals surface area (Å²) >= 11 is 0. The molecule has 2 fully saturated rings. The van der Waals surface area contributed by atoms with E-state index in [4.69, 9.17) is 10.5 Å². The molecule has 0 spiro atoms. The molecule has 2 atom stereocenters. The van der Waals surface area contributed by atoms with Gasteiger partial charge in [-0.15, -0.1) is 0 Å². The summed E-state index contributed by atoms with van der Waals surface area (Å²) in [5, 5.41) is 9.21. The highest BCUT2D eigenvalue weighted by Gasteiger charge is 2.32. The largest absolute Gasteiger partial charge is 0.444 e. The average Bonchev–Trinajstić information content (AvgIpc) is 3.81. The normalized spacial score (nSPS) is 16.9. The number of ether oxygens (including phenoxy) is 1. The van der Waals surface area contributed by atoms with Crippen LogP contribution in [0, 0.1) is 18.8 Å². The monoisotopic (exact) mass is 623 g/mol. The number of rotatable bonds is 12. The Labute approximate surface area is 265 Å². The summed E-state index contributed by atoms with van der Waals surface area (Å²) < 4.78 is 6.47. The van der Waals surface area contributed by atoms with Gasteiger partial charge in [-0.25, -0.2) is 9.36 Å². The molecule has 0 unspecified atom stereocenters. The molecule has 1 heterocycles. The lowest BCUT2D eigenvalue weighted by Gasteiger charge is -2.25. The van der Waals surface area contributed by atoms with E-state index in [-0.39, 0.29) is 17.7 Å². The Bertz CT molecular complexity index is 1450. The predicted molar refractivity (Wildman–Crippen MR) is 174 cm³/mol. The minimum atomic E-state index is -0.875. The first kappa shape index (κ1) is 34.1. The number of anilines is 1. The zero-order chi connectivity index (χ0) is 32.7. The highest BCUT2D eigenvalue weighted by Crippen LogP contribution is 2.32. The van der Waals surface area contributed by atoms with Gasteiger partial charge in [0.25, 0.3) is 5.56 Å². The van der Waals surface area contributed by atoms with E-state index in [0.29, 0.717) is 49.4 Å². The molecule has 0 aliphatic heterocycles. The Morgan fingerprint density at radius 1 is 1.00 bits per heavy atom.